The number of H-pyrrole nitrogens is 1. The van der Waals surface area contributed by atoms with Crippen molar-refractivity contribution in [1.29, 1.82) is 0 Å². The van der Waals surface area contributed by atoms with Gasteiger partial charge in [0.25, 0.3) is 11.8 Å². The van der Waals surface area contributed by atoms with Gasteiger partial charge < -0.3 is 20.5 Å². The number of amides is 3. The number of hydrogen-bond acceptors (Lipinski definition) is 4. The first-order chi connectivity index (χ1) is 16.5. The molecule has 2 aliphatic carbocycles. The van der Waals surface area contributed by atoms with E-state index in [1.165, 1.54) is 0 Å². The smallest absolute Gasteiger partial charge is 0.289 e. The molecule has 5 rings (SSSR count). The van der Waals surface area contributed by atoms with Crippen LogP contribution in [0.15, 0.2) is 30.3 Å². The van der Waals surface area contributed by atoms with Crippen molar-refractivity contribution in [2.24, 2.45) is 11.8 Å². The third-order valence-electron chi connectivity index (χ3n) is 7.53. The topological polar surface area (TPSA) is 111 Å². The summed E-state index contributed by atoms with van der Waals surface area (Å²) in [7, 11) is 0. The number of likely N-dealkylation sites (tertiary alicyclic amines) is 1. The van der Waals surface area contributed by atoms with Crippen LogP contribution in [0.25, 0.3) is 10.9 Å². The Balaban J connectivity index is 1.36. The minimum Gasteiger partial charge on any atom is -0.351 e. The molecule has 1 aliphatic heterocycles. The molecule has 4 atom stereocenters. The zero-order valence-corrected chi connectivity index (χ0v) is 19.5. The molecule has 2 aromatic rings. The van der Waals surface area contributed by atoms with Crippen LogP contribution in [-0.2, 0) is 14.4 Å². The number of Topliss-reactive ketones (excluding diaryl/α,β-unsaturated/α-hetero) is 1. The zero-order chi connectivity index (χ0) is 23.8. The number of ketones is 1. The van der Waals surface area contributed by atoms with Gasteiger partial charge in [-0.3, -0.25) is 19.2 Å². The highest BCUT2D eigenvalue weighted by Gasteiger charge is 2.50. The van der Waals surface area contributed by atoms with Crippen molar-refractivity contribution in [2.45, 2.75) is 70.0 Å². The molecule has 1 unspecified atom stereocenters. The van der Waals surface area contributed by atoms with Crippen LogP contribution in [0.1, 0.15) is 62.4 Å². The molecule has 0 spiro atoms. The normalized spacial score (nSPS) is 24.6. The third kappa shape index (κ3) is 4.33. The summed E-state index contributed by atoms with van der Waals surface area (Å²) in [5, 5.41) is 6.53. The Bertz CT molecular complexity index is 1090. The van der Waals surface area contributed by atoms with Gasteiger partial charge in [-0.1, -0.05) is 38.0 Å². The first-order valence-electron chi connectivity index (χ1n) is 12.5. The molecule has 2 saturated carbocycles. The summed E-state index contributed by atoms with van der Waals surface area (Å²) in [6.45, 7) is 2.45. The van der Waals surface area contributed by atoms with Crippen LogP contribution in [0.5, 0.6) is 0 Å². The summed E-state index contributed by atoms with van der Waals surface area (Å²) in [6, 6.07) is 8.09. The number of aromatic amines is 1. The lowest BCUT2D eigenvalue weighted by Crippen LogP contribution is -2.54. The van der Waals surface area contributed by atoms with E-state index in [4.69, 9.17) is 0 Å². The fraction of sp³-hybridized carbons (Fsp3) is 0.538. The largest absolute Gasteiger partial charge is 0.351 e. The zero-order valence-electron chi connectivity index (χ0n) is 19.5. The first-order valence-corrected chi connectivity index (χ1v) is 12.5. The molecule has 34 heavy (non-hydrogen) atoms. The Labute approximate surface area is 198 Å². The SMILES string of the molecule is CCC[C@@H](NC(=O)C1[C@H]2CCC[C@H]2CN1C(=O)c1cc2ccccc2[nH]1)C(=O)C(=O)NC1CC1. The Kier molecular flexibility index (Phi) is 6.15. The number of hydrogen-bond donors (Lipinski definition) is 3. The van der Waals surface area contributed by atoms with Crippen LogP contribution in [0.3, 0.4) is 0 Å². The Hall–Kier alpha value is -3.16. The second kappa shape index (κ2) is 9.24. The van der Waals surface area contributed by atoms with E-state index in [0.717, 1.165) is 43.0 Å². The predicted octanol–water partition coefficient (Wildman–Crippen LogP) is 2.54. The van der Waals surface area contributed by atoms with Gasteiger partial charge in [0.1, 0.15) is 11.7 Å². The fourth-order valence-electron chi connectivity index (χ4n) is 5.65. The maximum absolute atomic E-state index is 13.6. The lowest BCUT2D eigenvalue weighted by Gasteiger charge is -2.28. The highest BCUT2D eigenvalue weighted by molar-refractivity contribution is 6.38. The monoisotopic (exact) mass is 464 g/mol. The van der Waals surface area contributed by atoms with Gasteiger partial charge in [0.2, 0.25) is 11.7 Å². The number of carbonyl (C=O) groups excluding carboxylic acids is 4. The minimum absolute atomic E-state index is 0.0750. The summed E-state index contributed by atoms with van der Waals surface area (Å²) in [5.41, 5.74) is 1.34. The third-order valence-corrected chi connectivity index (χ3v) is 7.53. The number of rotatable bonds is 8. The van der Waals surface area contributed by atoms with Crippen molar-refractivity contribution in [3.8, 4) is 0 Å². The standard InChI is InChI=1S/C26H32N4O4/c1-2-6-20(23(31)25(33)27-17-11-12-17)29-24(32)22-18-9-5-8-16(18)14-30(22)26(34)21-13-15-7-3-4-10-19(15)28-21/h3-4,7,10,13,16-18,20,22,28H,2,5-6,8-9,11-12,14H2,1H3,(H,27,33)(H,29,32)/t16-,18-,20+,22?/m0/s1. The van der Waals surface area contributed by atoms with E-state index in [1.54, 1.807) is 4.90 Å². The van der Waals surface area contributed by atoms with Gasteiger partial charge in [0, 0.05) is 23.5 Å². The summed E-state index contributed by atoms with van der Waals surface area (Å²) in [6.07, 6.45) is 5.73. The van der Waals surface area contributed by atoms with E-state index in [0.29, 0.717) is 25.1 Å². The van der Waals surface area contributed by atoms with Gasteiger partial charge in [0.15, 0.2) is 0 Å². The molecule has 8 nitrogen and oxygen atoms in total. The Morgan fingerprint density at radius 2 is 1.91 bits per heavy atom. The molecule has 2 heterocycles. The molecule has 0 radical (unpaired) electrons. The van der Waals surface area contributed by atoms with Crippen LogP contribution in [0.4, 0.5) is 0 Å². The van der Waals surface area contributed by atoms with Crippen LogP contribution >= 0.6 is 0 Å². The van der Waals surface area contributed by atoms with Gasteiger partial charge in [-0.2, -0.15) is 0 Å². The van der Waals surface area contributed by atoms with Crippen molar-refractivity contribution < 1.29 is 19.2 Å². The quantitative estimate of drug-likeness (QED) is 0.521. The molecular formula is C26H32N4O4. The molecule has 3 fully saturated rings. The van der Waals surface area contributed by atoms with Gasteiger partial charge in [-0.05, 0) is 56.1 Å². The number of nitrogens with zero attached hydrogens (tertiary/aromatic N) is 1. The minimum atomic E-state index is -0.873. The van der Waals surface area contributed by atoms with Crippen molar-refractivity contribution in [3.63, 3.8) is 0 Å². The van der Waals surface area contributed by atoms with E-state index in [2.05, 4.69) is 15.6 Å². The Morgan fingerprint density at radius 3 is 2.65 bits per heavy atom. The number of nitrogens with one attached hydrogen (secondary N) is 3. The second-order valence-electron chi connectivity index (χ2n) is 9.99. The molecule has 1 aromatic heterocycles. The average molecular weight is 465 g/mol. The number of benzene rings is 1. The van der Waals surface area contributed by atoms with Gasteiger partial charge in [-0.25, -0.2) is 0 Å². The van der Waals surface area contributed by atoms with Crippen molar-refractivity contribution in [2.75, 3.05) is 6.54 Å². The maximum atomic E-state index is 13.6. The highest BCUT2D eigenvalue weighted by atomic mass is 16.2. The van der Waals surface area contributed by atoms with Gasteiger partial charge in [-0.15, -0.1) is 0 Å². The molecule has 3 amide bonds. The molecule has 3 N–H and O–H groups in total. The van der Waals surface area contributed by atoms with E-state index in [-0.39, 0.29) is 29.7 Å². The van der Waals surface area contributed by atoms with E-state index in [9.17, 15) is 19.2 Å². The van der Waals surface area contributed by atoms with Gasteiger partial charge >= 0.3 is 0 Å². The maximum Gasteiger partial charge on any atom is 0.289 e. The number of carbonyl (C=O) groups is 4. The number of fused-ring (bicyclic) bond motifs is 2. The van der Waals surface area contributed by atoms with E-state index < -0.39 is 23.8 Å². The van der Waals surface area contributed by atoms with Crippen LogP contribution < -0.4 is 10.6 Å². The van der Waals surface area contributed by atoms with Crippen LogP contribution in [0, 0.1) is 11.8 Å². The lowest BCUT2D eigenvalue weighted by atomic mass is 9.93. The first kappa shape index (κ1) is 22.6. The highest BCUT2D eigenvalue weighted by Crippen LogP contribution is 2.43. The molecule has 8 heteroatoms. The molecule has 1 saturated heterocycles. The van der Waals surface area contributed by atoms with Crippen molar-refractivity contribution in [3.05, 3.63) is 36.0 Å². The van der Waals surface area contributed by atoms with Crippen molar-refractivity contribution in [1.82, 2.24) is 20.5 Å². The summed E-state index contributed by atoms with van der Waals surface area (Å²) in [4.78, 5) is 57.1. The summed E-state index contributed by atoms with van der Waals surface area (Å²) < 4.78 is 0. The summed E-state index contributed by atoms with van der Waals surface area (Å²) in [5.74, 6) is -1.40. The Morgan fingerprint density at radius 1 is 1.12 bits per heavy atom. The molecule has 180 valence electrons. The average Bonchev–Trinajstić information content (AvgIpc) is 3.22. The molecule has 1 aromatic carbocycles. The van der Waals surface area contributed by atoms with Crippen LogP contribution in [-0.4, -0.2) is 58.1 Å². The second-order valence-corrected chi connectivity index (χ2v) is 9.99. The lowest BCUT2D eigenvalue weighted by molar-refractivity contribution is -0.140. The number of aromatic nitrogens is 1. The predicted molar refractivity (Wildman–Crippen MR) is 127 cm³/mol. The van der Waals surface area contributed by atoms with E-state index >= 15 is 0 Å². The summed E-state index contributed by atoms with van der Waals surface area (Å²) >= 11 is 0. The molecule has 3 aliphatic rings. The fourth-order valence-corrected chi connectivity index (χ4v) is 5.65. The number of para-hydroxylation sites is 1. The molecular weight excluding hydrogens is 432 g/mol. The van der Waals surface area contributed by atoms with Gasteiger partial charge in [0.05, 0.1) is 6.04 Å². The van der Waals surface area contributed by atoms with E-state index in [1.807, 2.05) is 37.3 Å². The van der Waals surface area contributed by atoms with Crippen molar-refractivity contribution >= 4 is 34.4 Å². The van der Waals surface area contributed by atoms with Crippen LogP contribution in [0.2, 0.25) is 0 Å². The molecule has 0 bridgehead atoms.